The van der Waals surface area contributed by atoms with Gasteiger partial charge in [0, 0.05) is 18.6 Å². The number of aryl methyl sites for hydroxylation is 1. The van der Waals surface area contributed by atoms with Crippen LogP contribution in [0, 0.1) is 6.92 Å². The molecule has 0 saturated heterocycles. The Morgan fingerprint density at radius 2 is 1.97 bits per heavy atom. The highest BCUT2D eigenvalue weighted by molar-refractivity contribution is 7.92. The first-order chi connectivity index (χ1) is 14.6. The summed E-state index contributed by atoms with van der Waals surface area (Å²) in [5.41, 5.74) is 1.28. The van der Waals surface area contributed by atoms with E-state index in [0.29, 0.717) is 28.4 Å². The molecule has 0 spiro atoms. The van der Waals surface area contributed by atoms with E-state index in [2.05, 4.69) is 10.6 Å². The van der Waals surface area contributed by atoms with Gasteiger partial charge in [-0.25, -0.2) is 8.42 Å². The zero-order valence-corrected chi connectivity index (χ0v) is 18.5. The van der Waals surface area contributed by atoms with E-state index < -0.39 is 21.0 Å². The summed E-state index contributed by atoms with van der Waals surface area (Å²) < 4.78 is 42.0. The number of fused-ring (bicyclic) bond motifs is 1. The van der Waals surface area contributed by atoms with Gasteiger partial charge in [-0.1, -0.05) is 0 Å². The first kappa shape index (κ1) is 22.4. The van der Waals surface area contributed by atoms with Crippen LogP contribution in [0.2, 0.25) is 0 Å². The smallest absolute Gasteiger partial charge is 0.262 e. The molecule has 0 unspecified atom stereocenters. The second-order valence-corrected chi connectivity index (χ2v) is 9.46. The zero-order chi connectivity index (χ0) is 22.8. The van der Waals surface area contributed by atoms with Crippen LogP contribution in [-0.2, 0) is 19.4 Å². The molecule has 2 aromatic rings. The number of rotatable bonds is 7. The van der Waals surface area contributed by atoms with Gasteiger partial charge in [-0.15, -0.1) is 0 Å². The van der Waals surface area contributed by atoms with Crippen LogP contribution in [0.3, 0.4) is 0 Å². The van der Waals surface area contributed by atoms with Gasteiger partial charge in [0.05, 0.1) is 35.7 Å². The molecule has 0 aliphatic carbocycles. The normalized spacial score (nSPS) is 14.0. The van der Waals surface area contributed by atoms with Crippen molar-refractivity contribution in [1.82, 2.24) is 0 Å². The van der Waals surface area contributed by atoms with Crippen molar-refractivity contribution in [1.29, 1.82) is 0 Å². The molecule has 0 saturated carbocycles. The number of hydrogen-bond donors (Lipinski definition) is 2. The van der Waals surface area contributed by atoms with Crippen molar-refractivity contribution in [3.63, 3.8) is 0 Å². The summed E-state index contributed by atoms with van der Waals surface area (Å²) in [7, 11) is -0.861. The summed E-state index contributed by atoms with van der Waals surface area (Å²) in [6, 6.07) is 7.83. The highest BCUT2D eigenvalue weighted by Crippen LogP contribution is 2.35. The number of carbonyl (C=O) groups is 2. The van der Waals surface area contributed by atoms with Gasteiger partial charge in [-0.2, -0.15) is 0 Å². The molecule has 0 bridgehead atoms. The molecule has 31 heavy (non-hydrogen) atoms. The molecule has 9 nitrogen and oxygen atoms in total. The highest BCUT2D eigenvalue weighted by Gasteiger charge is 2.30. The topological polar surface area (TPSA) is 120 Å². The van der Waals surface area contributed by atoms with Crippen LogP contribution < -0.4 is 24.8 Å². The van der Waals surface area contributed by atoms with Crippen LogP contribution in [0.4, 0.5) is 11.4 Å². The standard InChI is InChI=1S/C21H24N2O7S/c1-12-7-16-18(30-11-21(25)23-16)10-19(12)31(26,27)13(2)8-20(24)22-15-6-5-14(28-3)9-17(15)29-4/h5-7,9-10,13H,8,11H2,1-4H3,(H,22,24)(H,23,25)/t13-/m1/s1. The molecular formula is C21H24N2O7S. The van der Waals surface area contributed by atoms with E-state index in [1.165, 1.54) is 27.2 Å². The summed E-state index contributed by atoms with van der Waals surface area (Å²) in [6.45, 7) is 2.92. The van der Waals surface area contributed by atoms with Crippen molar-refractivity contribution < 1.29 is 32.2 Å². The average Bonchev–Trinajstić information content (AvgIpc) is 2.73. The van der Waals surface area contributed by atoms with Gasteiger partial charge in [-0.05, 0) is 37.6 Å². The summed E-state index contributed by atoms with van der Waals surface area (Å²) in [4.78, 5) is 24.1. The van der Waals surface area contributed by atoms with E-state index in [9.17, 15) is 18.0 Å². The van der Waals surface area contributed by atoms with Crippen LogP contribution in [0.25, 0.3) is 0 Å². The number of carbonyl (C=O) groups excluding carboxylic acids is 2. The SMILES string of the molecule is COc1ccc(NC(=O)C[C@@H](C)S(=O)(=O)c2cc3c(cc2C)NC(=O)CO3)c(OC)c1. The maximum absolute atomic E-state index is 13.1. The lowest BCUT2D eigenvalue weighted by Crippen LogP contribution is -2.27. The number of hydrogen-bond acceptors (Lipinski definition) is 7. The molecule has 2 N–H and O–H groups in total. The molecule has 1 aliphatic heterocycles. The molecule has 1 atom stereocenters. The highest BCUT2D eigenvalue weighted by atomic mass is 32.2. The fraction of sp³-hybridized carbons (Fsp3) is 0.333. The summed E-state index contributed by atoms with van der Waals surface area (Å²) in [6.07, 6.45) is -0.258. The number of methoxy groups -OCH3 is 2. The lowest BCUT2D eigenvalue weighted by molar-refractivity contribution is -0.118. The molecule has 1 heterocycles. The molecule has 0 aromatic heterocycles. The largest absolute Gasteiger partial charge is 0.497 e. The van der Waals surface area contributed by atoms with Gasteiger partial charge in [0.25, 0.3) is 5.91 Å². The third-order valence-electron chi connectivity index (χ3n) is 4.90. The zero-order valence-electron chi connectivity index (χ0n) is 17.6. The molecule has 2 aromatic carbocycles. The van der Waals surface area contributed by atoms with Crippen molar-refractivity contribution in [2.24, 2.45) is 0 Å². The maximum Gasteiger partial charge on any atom is 0.262 e. The predicted octanol–water partition coefficient (Wildman–Crippen LogP) is 2.53. The molecule has 1 aliphatic rings. The number of nitrogens with one attached hydrogen (secondary N) is 2. The van der Waals surface area contributed by atoms with Crippen molar-refractivity contribution in [2.45, 2.75) is 30.4 Å². The third kappa shape index (κ3) is 4.74. The number of ether oxygens (including phenoxy) is 3. The predicted molar refractivity (Wildman–Crippen MR) is 115 cm³/mol. The van der Waals surface area contributed by atoms with E-state index in [1.807, 2.05) is 0 Å². The van der Waals surface area contributed by atoms with E-state index in [0.717, 1.165) is 0 Å². The summed E-state index contributed by atoms with van der Waals surface area (Å²) in [5.74, 6) is 0.462. The minimum atomic E-state index is -3.84. The van der Waals surface area contributed by atoms with Gasteiger partial charge in [0.2, 0.25) is 5.91 Å². The quantitative estimate of drug-likeness (QED) is 0.668. The van der Waals surface area contributed by atoms with Gasteiger partial charge < -0.3 is 24.8 Å². The molecule has 3 rings (SSSR count). The van der Waals surface area contributed by atoms with Crippen molar-refractivity contribution in [3.8, 4) is 17.2 Å². The Kier molecular flexibility index (Phi) is 6.40. The second kappa shape index (κ2) is 8.84. The van der Waals surface area contributed by atoms with E-state index in [4.69, 9.17) is 14.2 Å². The number of anilines is 2. The molecule has 0 fully saturated rings. The van der Waals surface area contributed by atoms with Crippen LogP contribution in [0.1, 0.15) is 18.9 Å². The molecule has 0 radical (unpaired) electrons. The Morgan fingerprint density at radius 3 is 2.65 bits per heavy atom. The van der Waals surface area contributed by atoms with Gasteiger partial charge >= 0.3 is 0 Å². The fourth-order valence-corrected chi connectivity index (χ4v) is 4.80. The summed E-state index contributed by atoms with van der Waals surface area (Å²) >= 11 is 0. The van der Waals surface area contributed by atoms with Gasteiger partial charge in [0.15, 0.2) is 16.4 Å². The lowest BCUT2D eigenvalue weighted by atomic mass is 10.2. The van der Waals surface area contributed by atoms with E-state index in [1.54, 1.807) is 31.2 Å². The Morgan fingerprint density at radius 1 is 1.23 bits per heavy atom. The van der Waals surface area contributed by atoms with E-state index >= 15 is 0 Å². The minimum Gasteiger partial charge on any atom is -0.497 e. The van der Waals surface area contributed by atoms with Crippen LogP contribution in [-0.4, -0.2) is 46.3 Å². The van der Waals surface area contributed by atoms with Crippen LogP contribution >= 0.6 is 0 Å². The Bertz CT molecular complexity index is 1130. The molecular weight excluding hydrogens is 424 g/mol. The first-order valence-electron chi connectivity index (χ1n) is 9.48. The third-order valence-corrected chi connectivity index (χ3v) is 7.18. The number of benzene rings is 2. The monoisotopic (exact) mass is 448 g/mol. The second-order valence-electron chi connectivity index (χ2n) is 7.12. The lowest BCUT2D eigenvalue weighted by Gasteiger charge is -2.21. The Balaban J connectivity index is 1.77. The maximum atomic E-state index is 13.1. The van der Waals surface area contributed by atoms with E-state index in [-0.39, 0.29) is 29.6 Å². The van der Waals surface area contributed by atoms with Crippen LogP contribution in [0.5, 0.6) is 17.2 Å². The first-order valence-corrected chi connectivity index (χ1v) is 11.0. The number of amides is 2. The Hall–Kier alpha value is -3.27. The van der Waals surface area contributed by atoms with Crippen molar-refractivity contribution in [2.75, 3.05) is 31.5 Å². The Labute approximate surface area is 180 Å². The van der Waals surface area contributed by atoms with Crippen molar-refractivity contribution >= 4 is 33.0 Å². The summed E-state index contributed by atoms with van der Waals surface area (Å²) in [5, 5.41) is 4.33. The minimum absolute atomic E-state index is 0.0599. The molecule has 166 valence electrons. The van der Waals surface area contributed by atoms with Gasteiger partial charge in [-0.3, -0.25) is 9.59 Å². The fourth-order valence-electron chi connectivity index (χ4n) is 3.21. The van der Waals surface area contributed by atoms with Gasteiger partial charge in [0.1, 0.15) is 17.2 Å². The van der Waals surface area contributed by atoms with Crippen molar-refractivity contribution in [3.05, 3.63) is 35.9 Å². The van der Waals surface area contributed by atoms with Crippen LogP contribution in [0.15, 0.2) is 35.2 Å². The average molecular weight is 448 g/mol. The molecule has 2 amide bonds. The molecule has 10 heteroatoms. The number of sulfone groups is 1.